The monoisotopic (exact) mass is 417 g/mol. The number of halogens is 2. The first-order chi connectivity index (χ1) is 13.2. The van der Waals surface area contributed by atoms with Crippen LogP contribution in [0.5, 0.6) is 11.6 Å². The summed E-state index contributed by atoms with van der Waals surface area (Å²) >= 11 is 0. The van der Waals surface area contributed by atoms with E-state index in [4.69, 9.17) is 4.74 Å². The van der Waals surface area contributed by atoms with Crippen LogP contribution in [0.25, 0.3) is 0 Å². The second-order valence-electron chi connectivity index (χ2n) is 4.92. The standard InChI is InChI=1S/C8H11N5O4S.C7H6F2O/c1-13(2)5-4-6(17-3)10-7(9-5)11-8(14)12-18(15)16;8-7(9)10-6-4-2-1-3-5-6/h4H,1-3H3,(H,9,10,11,14);1-5,7H. The summed E-state index contributed by atoms with van der Waals surface area (Å²) in [5.41, 5.74) is 0. The highest BCUT2D eigenvalue weighted by Crippen LogP contribution is 2.17. The van der Waals surface area contributed by atoms with E-state index in [1.54, 1.807) is 43.3 Å². The second-order valence-corrected chi connectivity index (χ2v) is 5.53. The molecule has 2 amide bonds. The lowest BCUT2D eigenvalue weighted by atomic mass is 10.3. The predicted octanol–water partition coefficient (Wildman–Crippen LogP) is 2.43. The van der Waals surface area contributed by atoms with E-state index in [1.165, 1.54) is 19.2 Å². The van der Waals surface area contributed by atoms with Gasteiger partial charge in [-0.2, -0.15) is 27.2 Å². The molecule has 0 radical (unpaired) electrons. The average molecular weight is 417 g/mol. The largest absolute Gasteiger partial charge is 0.481 e. The maximum atomic E-state index is 11.5. The van der Waals surface area contributed by atoms with Gasteiger partial charge in [0.1, 0.15) is 11.6 Å². The van der Waals surface area contributed by atoms with Crippen LogP contribution in [0.3, 0.4) is 0 Å². The molecule has 13 heteroatoms. The zero-order valence-electron chi connectivity index (χ0n) is 15.0. The Morgan fingerprint density at radius 2 is 1.86 bits per heavy atom. The van der Waals surface area contributed by atoms with Crippen LogP contribution in [0, 0.1) is 0 Å². The van der Waals surface area contributed by atoms with Gasteiger partial charge >= 0.3 is 23.1 Å². The number of anilines is 2. The van der Waals surface area contributed by atoms with Crippen molar-refractivity contribution in [2.45, 2.75) is 6.61 Å². The fourth-order valence-corrected chi connectivity index (χ4v) is 1.77. The van der Waals surface area contributed by atoms with Crippen LogP contribution in [0.1, 0.15) is 0 Å². The molecule has 0 aliphatic rings. The number of benzene rings is 1. The molecular weight excluding hydrogens is 400 g/mol. The molecule has 0 unspecified atom stereocenters. The second kappa shape index (κ2) is 11.4. The van der Waals surface area contributed by atoms with Crippen LogP contribution >= 0.6 is 0 Å². The lowest BCUT2D eigenvalue weighted by Gasteiger charge is -2.13. The van der Waals surface area contributed by atoms with E-state index in [1.807, 2.05) is 0 Å². The molecule has 0 saturated heterocycles. The fraction of sp³-hybridized carbons (Fsp3) is 0.267. The Balaban J connectivity index is 0.000000330. The number of hydrogen-bond donors (Lipinski definition) is 1. The molecular formula is C15H17F2N5O5S. The summed E-state index contributed by atoms with van der Waals surface area (Å²) in [6.45, 7) is -2.73. The number of urea groups is 1. The summed E-state index contributed by atoms with van der Waals surface area (Å²) in [6, 6.07) is 8.44. The highest BCUT2D eigenvalue weighted by atomic mass is 32.2. The minimum atomic E-state index is -2.82. The van der Waals surface area contributed by atoms with Gasteiger partial charge in [0.25, 0.3) is 0 Å². The first kappa shape index (κ1) is 22.7. The van der Waals surface area contributed by atoms with Gasteiger partial charge in [0.05, 0.1) is 7.11 Å². The van der Waals surface area contributed by atoms with Crippen LogP contribution in [-0.4, -0.2) is 52.2 Å². The van der Waals surface area contributed by atoms with Crippen molar-refractivity contribution < 1.29 is 31.5 Å². The van der Waals surface area contributed by atoms with Gasteiger partial charge in [0.15, 0.2) is 0 Å². The van der Waals surface area contributed by atoms with Gasteiger partial charge in [0.2, 0.25) is 11.8 Å². The first-order valence-electron chi connectivity index (χ1n) is 7.43. The smallest absolute Gasteiger partial charge is 0.387 e. The van der Waals surface area contributed by atoms with Crippen molar-refractivity contribution in [1.82, 2.24) is 9.97 Å². The van der Waals surface area contributed by atoms with Gasteiger partial charge in [-0.25, -0.2) is 4.79 Å². The Labute approximate surface area is 160 Å². The topological polar surface area (TPSA) is 123 Å². The molecule has 0 saturated carbocycles. The van der Waals surface area contributed by atoms with Crippen LogP contribution in [-0.2, 0) is 10.5 Å². The number of methoxy groups -OCH3 is 1. The molecule has 0 spiro atoms. The van der Waals surface area contributed by atoms with Crippen molar-refractivity contribution in [3.63, 3.8) is 0 Å². The third kappa shape index (κ3) is 8.84. The number of rotatable bonds is 5. The molecule has 10 nitrogen and oxygen atoms in total. The van der Waals surface area contributed by atoms with Crippen LogP contribution in [0.4, 0.5) is 25.3 Å². The Bertz CT molecular complexity index is 902. The maximum Gasteiger partial charge on any atom is 0.387 e. The fourth-order valence-electron chi connectivity index (χ4n) is 1.59. The summed E-state index contributed by atoms with van der Waals surface area (Å²) in [5.74, 6) is 0.808. The number of nitrogens with one attached hydrogen (secondary N) is 1. The minimum Gasteiger partial charge on any atom is -0.481 e. The van der Waals surface area contributed by atoms with Crippen LogP contribution < -0.4 is 19.7 Å². The number of ether oxygens (including phenoxy) is 2. The summed E-state index contributed by atoms with van der Waals surface area (Å²) in [4.78, 5) is 20.6. The molecule has 1 heterocycles. The van der Waals surface area contributed by atoms with Gasteiger partial charge in [-0.05, 0) is 12.1 Å². The third-order valence-corrected chi connectivity index (χ3v) is 3.02. The molecule has 1 N–H and O–H groups in total. The minimum absolute atomic E-state index is 0.0998. The molecule has 28 heavy (non-hydrogen) atoms. The van der Waals surface area contributed by atoms with E-state index in [9.17, 15) is 22.0 Å². The summed E-state index contributed by atoms with van der Waals surface area (Å²) in [7, 11) is 2.06. The number of amides is 2. The van der Waals surface area contributed by atoms with Crippen molar-refractivity contribution in [3.8, 4) is 11.6 Å². The van der Waals surface area contributed by atoms with Gasteiger partial charge in [0, 0.05) is 20.2 Å². The molecule has 0 bridgehead atoms. The van der Waals surface area contributed by atoms with Gasteiger partial charge in [-0.3, -0.25) is 5.32 Å². The molecule has 0 aliphatic heterocycles. The average Bonchev–Trinajstić information content (AvgIpc) is 2.61. The molecule has 0 aliphatic carbocycles. The lowest BCUT2D eigenvalue weighted by molar-refractivity contribution is -0.0498. The molecule has 2 aromatic rings. The SMILES string of the molecule is COc1cc(N(C)C)nc(NC(=O)N=S(=O)=O)n1.FC(F)Oc1ccccc1. The Morgan fingerprint density at radius 1 is 1.21 bits per heavy atom. The number of aromatic nitrogens is 2. The van der Waals surface area contributed by atoms with E-state index in [2.05, 4.69) is 24.4 Å². The van der Waals surface area contributed by atoms with Crippen molar-refractivity contribution >= 4 is 28.3 Å². The van der Waals surface area contributed by atoms with Crippen molar-refractivity contribution in [1.29, 1.82) is 0 Å². The van der Waals surface area contributed by atoms with E-state index in [0.29, 0.717) is 5.82 Å². The van der Waals surface area contributed by atoms with E-state index in [0.717, 1.165) is 0 Å². The number of carbonyl (C=O) groups excluding carboxylic acids is 1. The van der Waals surface area contributed by atoms with Crippen LogP contribution in [0.15, 0.2) is 40.8 Å². The Kier molecular flexibility index (Phi) is 9.22. The highest BCUT2D eigenvalue weighted by molar-refractivity contribution is 7.62. The van der Waals surface area contributed by atoms with Crippen LogP contribution in [0.2, 0.25) is 0 Å². The zero-order chi connectivity index (χ0) is 21.1. The number of alkyl halides is 2. The first-order valence-corrected chi connectivity index (χ1v) is 8.46. The number of para-hydroxylation sites is 1. The summed E-state index contributed by atoms with van der Waals surface area (Å²) in [6.07, 6.45) is 0. The summed E-state index contributed by atoms with van der Waals surface area (Å²) < 4.78 is 55.1. The van der Waals surface area contributed by atoms with E-state index < -0.39 is 23.1 Å². The Morgan fingerprint density at radius 3 is 2.36 bits per heavy atom. The van der Waals surface area contributed by atoms with E-state index >= 15 is 0 Å². The molecule has 152 valence electrons. The van der Waals surface area contributed by atoms with Gasteiger partial charge < -0.3 is 14.4 Å². The number of carbonyl (C=O) groups is 1. The quantitative estimate of drug-likeness (QED) is 0.787. The maximum absolute atomic E-state index is 11.5. The van der Waals surface area contributed by atoms with Gasteiger partial charge in [-0.1, -0.05) is 22.6 Å². The highest BCUT2D eigenvalue weighted by Gasteiger charge is 2.09. The normalized spacial score (nSPS) is 9.64. The van der Waals surface area contributed by atoms with Crippen molar-refractivity contribution in [3.05, 3.63) is 36.4 Å². The number of hydrogen-bond acceptors (Lipinski definition) is 8. The van der Waals surface area contributed by atoms with Crippen molar-refractivity contribution in [2.75, 3.05) is 31.4 Å². The summed E-state index contributed by atoms with van der Waals surface area (Å²) in [5, 5.41) is 2.12. The molecule has 1 aromatic carbocycles. The third-order valence-electron chi connectivity index (χ3n) is 2.70. The molecule has 0 atom stereocenters. The predicted molar refractivity (Wildman–Crippen MR) is 96.4 cm³/mol. The van der Waals surface area contributed by atoms with Crippen molar-refractivity contribution in [2.24, 2.45) is 4.36 Å². The Hall–Kier alpha value is -3.35. The zero-order valence-corrected chi connectivity index (χ0v) is 15.9. The molecule has 0 fully saturated rings. The number of nitrogens with zero attached hydrogens (tertiary/aromatic N) is 4. The van der Waals surface area contributed by atoms with E-state index in [-0.39, 0.29) is 17.6 Å². The lowest BCUT2D eigenvalue weighted by Crippen LogP contribution is -2.15. The molecule has 2 rings (SSSR count). The molecule has 1 aromatic heterocycles. The van der Waals surface area contributed by atoms with Gasteiger partial charge in [-0.15, -0.1) is 0 Å².